The van der Waals surface area contributed by atoms with Crippen molar-refractivity contribution in [3.8, 4) is 0 Å². The zero-order chi connectivity index (χ0) is 26.7. The van der Waals surface area contributed by atoms with E-state index in [1.165, 1.54) is 64.8 Å². The van der Waals surface area contributed by atoms with Crippen LogP contribution in [0.25, 0.3) is 5.76 Å². The lowest BCUT2D eigenvalue weighted by molar-refractivity contribution is -0.384. The van der Waals surface area contributed by atoms with E-state index >= 15 is 0 Å². The zero-order valence-electron chi connectivity index (χ0n) is 19.9. The van der Waals surface area contributed by atoms with E-state index in [4.69, 9.17) is 9.47 Å². The first-order valence-corrected chi connectivity index (χ1v) is 12.8. The molecule has 2 aliphatic rings. The van der Waals surface area contributed by atoms with Gasteiger partial charge in [-0.2, -0.15) is 4.31 Å². The highest BCUT2D eigenvalue weighted by Crippen LogP contribution is 2.40. The minimum atomic E-state index is -3.78. The minimum absolute atomic E-state index is 0.00160. The molecule has 12 nitrogen and oxygen atoms in total. The molecule has 1 N–H and O–H groups in total. The predicted octanol–water partition coefficient (Wildman–Crippen LogP) is 1.68. The number of aliphatic hydroxyl groups excluding tert-OH is 1. The number of amides is 1. The van der Waals surface area contributed by atoms with E-state index in [2.05, 4.69) is 0 Å². The van der Waals surface area contributed by atoms with Gasteiger partial charge in [-0.25, -0.2) is 8.42 Å². The van der Waals surface area contributed by atoms with Crippen molar-refractivity contribution in [2.24, 2.45) is 0 Å². The summed E-state index contributed by atoms with van der Waals surface area (Å²) in [6.07, 6.45) is 0. The minimum Gasteiger partial charge on any atom is -0.507 e. The molecule has 0 aromatic heterocycles. The Labute approximate surface area is 212 Å². The number of hydrogen-bond acceptors (Lipinski definition) is 9. The molecule has 0 bridgehead atoms. The number of carbonyl (C=O) groups excluding carboxylic acids is 2. The standard InChI is InChI=1S/C24H25N3O9S/c1-35-12-11-26-21(17-3-2-4-18(15-17)27(31)32)20(23(29)24(26)30)22(28)16-5-7-19(8-6-16)37(33,34)25-9-13-36-14-10-25/h2-8,15,21,28H,9-14H2,1H3/b22-20+/t21-/m0/s1. The molecule has 0 saturated carbocycles. The SMILES string of the molecule is COCCN1C(=O)C(=O)/C(=C(/O)c2ccc(S(=O)(=O)N3CCOCC3)cc2)[C@@H]1c1cccc([N+](=O)[O-])c1. The molecule has 4 rings (SSSR count). The van der Waals surface area contributed by atoms with Crippen LogP contribution in [0.2, 0.25) is 0 Å². The third kappa shape index (κ3) is 5.11. The molecule has 1 atom stereocenters. The maximum absolute atomic E-state index is 13.0. The van der Waals surface area contributed by atoms with Gasteiger partial charge in [-0.15, -0.1) is 0 Å². The Morgan fingerprint density at radius 1 is 1.16 bits per heavy atom. The van der Waals surface area contributed by atoms with Crippen LogP contribution >= 0.6 is 0 Å². The number of carbonyl (C=O) groups is 2. The third-order valence-corrected chi connectivity index (χ3v) is 8.12. The highest BCUT2D eigenvalue weighted by molar-refractivity contribution is 7.89. The molecule has 0 unspecified atom stereocenters. The summed E-state index contributed by atoms with van der Waals surface area (Å²) in [5.74, 6) is -2.37. The number of aliphatic hydroxyl groups is 1. The summed E-state index contributed by atoms with van der Waals surface area (Å²) >= 11 is 0. The van der Waals surface area contributed by atoms with E-state index in [0.29, 0.717) is 13.2 Å². The normalized spacial score (nSPS) is 20.4. The molecular formula is C24H25N3O9S. The molecule has 37 heavy (non-hydrogen) atoms. The van der Waals surface area contributed by atoms with E-state index < -0.39 is 38.4 Å². The lowest BCUT2D eigenvalue weighted by Crippen LogP contribution is -2.40. The number of likely N-dealkylation sites (tertiary alicyclic amines) is 1. The number of ketones is 1. The van der Waals surface area contributed by atoms with Gasteiger partial charge in [0.05, 0.1) is 41.3 Å². The van der Waals surface area contributed by atoms with Gasteiger partial charge in [0.1, 0.15) is 5.76 Å². The van der Waals surface area contributed by atoms with Crippen LogP contribution in [-0.2, 0) is 29.1 Å². The second-order valence-electron chi connectivity index (χ2n) is 8.38. The van der Waals surface area contributed by atoms with E-state index in [9.17, 15) is 33.2 Å². The maximum atomic E-state index is 13.0. The predicted molar refractivity (Wildman–Crippen MR) is 130 cm³/mol. The maximum Gasteiger partial charge on any atom is 0.295 e. The number of benzene rings is 2. The molecule has 2 aromatic carbocycles. The van der Waals surface area contributed by atoms with Crippen LogP contribution in [0.15, 0.2) is 59.0 Å². The number of non-ortho nitro benzene ring substituents is 1. The topological polar surface area (TPSA) is 157 Å². The van der Waals surface area contributed by atoms with Gasteiger partial charge in [0, 0.05) is 44.4 Å². The van der Waals surface area contributed by atoms with Crippen LogP contribution in [0.1, 0.15) is 17.2 Å². The van der Waals surface area contributed by atoms with Gasteiger partial charge in [-0.1, -0.05) is 12.1 Å². The van der Waals surface area contributed by atoms with Crippen molar-refractivity contribution in [1.29, 1.82) is 0 Å². The molecule has 2 aromatic rings. The number of morpholine rings is 1. The van der Waals surface area contributed by atoms with Gasteiger partial charge in [0.25, 0.3) is 17.4 Å². The number of nitro groups is 1. The summed E-state index contributed by atoms with van der Waals surface area (Å²) in [6, 6.07) is 9.66. The molecule has 196 valence electrons. The molecular weight excluding hydrogens is 506 g/mol. The summed E-state index contributed by atoms with van der Waals surface area (Å²) in [5.41, 5.74) is -0.128. The Bertz CT molecular complexity index is 1350. The first kappa shape index (κ1) is 26.4. The number of hydrogen-bond donors (Lipinski definition) is 1. The molecule has 1 amide bonds. The highest BCUT2D eigenvalue weighted by atomic mass is 32.2. The van der Waals surface area contributed by atoms with E-state index in [-0.39, 0.29) is 53.5 Å². The average Bonchev–Trinajstić information content (AvgIpc) is 3.17. The molecule has 2 fully saturated rings. The Morgan fingerprint density at radius 3 is 2.46 bits per heavy atom. The van der Waals surface area contributed by atoms with Gasteiger partial charge in [0.15, 0.2) is 0 Å². The zero-order valence-corrected chi connectivity index (χ0v) is 20.7. The number of Topliss-reactive ketones (excluding diaryl/α,β-unsaturated/α-hetero) is 1. The fourth-order valence-electron chi connectivity index (χ4n) is 4.33. The van der Waals surface area contributed by atoms with Crippen molar-refractivity contribution in [2.45, 2.75) is 10.9 Å². The number of nitrogens with zero attached hydrogens (tertiary/aromatic N) is 3. The largest absolute Gasteiger partial charge is 0.507 e. The van der Waals surface area contributed by atoms with Gasteiger partial charge in [-0.05, 0) is 29.8 Å². The number of sulfonamides is 1. The lowest BCUT2D eigenvalue weighted by atomic mass is 9.95. The molecule has 2 saturated heterocycles. The second-order valence-corrected chi connectivity index (χ2v) is 10.3. The Hall–Kier alpha value is -3.65. The fraction of sp³-hybridized carbons (Fsp3) is 0.333. The summed E-state index contributed by atoms with van der Waals surface area (Å²) in [5, 5.41) is 22.5. The Kier molecular flexibility index (Phi) is 7.68. The van der Waals surface area contributed by atoms with Gasteiger partial charge >= 0.3 is 0 Å². The van der Waals surface area contributed by atoms with Crippen LogP contribution in [0.3, 0.4) is 0 Å². The van der Waals surface area contributed by atoms with Crippen molar-refractivity contribution in [1.82, 2.24) is 9.21 Å². The quantitative estimate of drug-likeness (QED) is 0.176. The summed E-state index contributed by atoms with van der Waals surface area (Å²) in [7, 11) is -2.36. The number of ether oxygens (including phenoxy) is 2. The van der Waals surface area contributed by atoms with Crippen molar-refractivity contribution >= 4 is 33.2 Å². The third-order valence-electron chi connectivity index (χ3n) is 6.21. The fourth-order valence-corrected chi connectivity index (χ4v) is 5.74. The summed E-state index contributed by atoms with van der Waals surface area (Å²) in [4.78, 5) is 37.8. The highest BCUT2D eigenvalue weighted by Gasteiger charge is 2.46. The van der Waals surface area contributed by atoms with Crippen molar-refractivity contribution in [3.05, 3.63) is 75.3 Å². The van der Waals surface area contributed by atoms with Gasteiger partial charge < -0.3 is 19.5 Å². The van der Waals surface area contributed by atoms with Crippen LogP contribution < -0.4 is 0 Å². The van der Waals surface area contributed by atoms with Crippen molar-refractivity contribution in [2.75, 3.05) is 46.6 Å². The molecule has 2 heterocycles. The molecule has 0 radical (unpaired) electrons. The van der Waals surface area contributed by atoms with Crippen LogP contribution in [-0.4, -0.2) is 85.9 Å². The van der Waals surface area contributed by atoms with Gasteiger partial charge in [0.2, 0.25) is 10.0 Å². The molecule has 0 spiro atoms. The summed E-state index contributed by atoms with van der Waals surface area (Å²) in [6.45, 7) is 1.11. The van der Waals surface area contributed by atoms with Gasteiger partial charge in [-0.3, -0.25) is 19.7 Å². The smallest absolute Gasteiger partial charge is 0.295 e. The summed E-state index contributed by atoms with van der Waals surface area (Å²) < 4.78 is 37.4. The van der Waals surface area contributed by atoms with Crippen molar-refractivity contribution < 1.29 is 37.5 Å². The van der Waals surface area contributed by atoms with Crippen LogP contribution in [0, 0.1) is 10.1 Å². The van der Waals surface area contributed by atoms with Crippen molar-refractivity contribution in [3.63, 3.8) is 0 Å². The Morgan fingerprint density at radius 2 is 1.84 bits per heavy atom. The lowest BCUT2D eigenvalue weighted by Gasteiger charge is -2.26. The van der Waals surface area contributed by atoms with Crippen LogP contribution in [0.4, 0.5) is 5.69 Å². The van der Waals surface area contributed by atoms with E-state index in [1.807, 2.05) is 0 Å². The van der Waals surface area contributed by atoms with E-state index in [0.717, 1.165) is 0 Å². The first-order chi connectivity index (χ1) is 17.7. The van der Waals surface area contributed by atoms with E-state index in [1.54, 1.807) is 0 Å². The number of rotatable bonds is 8. The van der Waals surface area contributed by atoms with Crippen LogP contribution in [0.5, 0.6) is 0 Å². The molecule has 13 heteroatoms. The molecule has 0 aliphatic carbocycles. The monoisotopic (exact) mass is 531 g/mol. The Balaban J connectivity index is 1.76. The average molecular weight is 532 g/mol. The number of nitro benzene ring substituents is 1. The first-order valence-electron chi connectivity index (χ1n) is 11.4. The molecule has 2 aliphatic heterocycles. The second kappa shape index (κ2) is 10.8. The number of methoxy groups -OCH3 is 1.